The number of nitrogens with one attached hydrogen (secondary N) is 1. The highest BCUT2D eigenvalue weighted by Crippen LogP contribution is 2.31. The van der Waals surface area contributed by atoms with Gasteiger partial charge in [0.15, 0.2) is 0 Å². The third-order valence-corrected chi connectivity index (χ3v) is 3.23. The summed E-state index contributed by atoms with van der Waals surface area (Å²) in [6.45, 7) is 1.64. The van der Waals surface area contributed by atoms with Gasteiger partial charge in [-0.05, 0) is 18.6 Å². The van der Waals surface area contributed by atoms with E-state index in [2.05, 4.69) is 5.32 Å². The smallest absolute Gasteiger partial charge is 0.368 e. The predicted octanol–water partition coefficient (Wildman–Crippen LogP) is 2.05. The number of carbonyl (C=O) groups is 3. The highest BCUT2D eigenvalue weighted by atomic mass is 19.4. The monoisotopic (exact) mass is 330 g/mol. The Morgan fingerprint density at radius 1 is 1.22 bits per heavy atom. The SMILES string of the molecule is CCC(=O)CC[C@@H](NC(=O)c1ccccc1C(F)(F)F)C(N)=O. The summed E-state index contributed by atoms with van der Waals surface area (Å²) in [6, 6.07) is 3.01. The molecule has 1 aromatic rings. The summed E-state index contributed by atoms with van der Waals surface area (Å²) in [7, 11) is 0. The molecule has 0 spiro atoms. The molecule has 0 radical (unpaired) electrons. The number of nitrogens with two attached hydrogens (primary N) is 1. The van der Waals surface area contributed by atoms with Crippen molar-refractivity contribution in [3.8, 4) is 0 Å². The fourth-order valence-electron chi connectivity index (χ4n) is 1.93. The van der Waals surface area contributed by atoms with Gasteiger partial charge in [-0.1, -0.05) is 19.1 Å². The molecule has 3 N–H and O–H groups in total. The number of benzene rings is 1. The summed E-state index contributed by atoms with van der Waals surface area (Å²) < 4.78 is 38.7. The van der Waals surface area contributed by atoms with Crippen LogP contribution in [-0.4, -0.2) is 23.6 Å². The van der Waals surface area contributed by atoms with E-state index >= 15 is 0 Å². The summed E-state index contributed by atoms with van der Waals surface area (Å²) in [4.78, 5) is 34.6. The van der Waals surface area contributed by atoms with Crippen molar-refractivity contribution in [2.24, 2.45) is 5.73 Å². The van der Waals surface area contributed by atoms with Crippen LogP contribution in [0.15, 0.2) is 24.3 Å². The Bertz CT molecular complexity index is 600. The number of hydrogen-bond acceptors (Lipinski definition) is 3. The van der Waals surface area contributed by atoms with E-state index in [-0.39, 0.29) is 25.0 Å². The van der Waals surface area contributed by atoms with E-state index in [0.717, 1.165) is 18.2 Å². The van der Waals surface area contributed by atoms with Crippen LogP contribution >= 0.6 is 0 Å². The molecule has 23 heavy (non-hydrogen) atoms. The minimum Gasteiger partial charge on any atom is -0.368 e. The number of halogens is 3. The summed E-state index contributed by atoms with van der Waals surface area (Å²) in [6.07, 6.45) is -4.49. The number of alkyl halides is 3. The Hall–Kier alpha value is -2.38. The van der Waals surface area contributed by atoms with Gasteiger partial charge in [-0.3, -0.25) is 14.4 Å². The molecular weight excluding hydrogens is 313 g/mol. The van der Waals surface area contributed by atoms with Crippen LogP contribution in [0, 0.1) is 0 Å². The van der Waals surface area contributed by atoms with Crippen LogP contribution in [0.2, 0.25) is 0 Å². The largest absolute Gasteiger partial charge is 0.417 e. The maximum absolute atomic E-state index is 12.9. The topological polar surface area (TPSA) is 89.3 Å². The standard InChI is InChI=1S/C15H17F3N2O3/c1-2-9(21)7-8-12(13(19)22)20-14(23)10-5-3-4-6-11(10)15(16,17)18/h3-6,12H,2,7-8H2,1H3,(H2,19,22)(H,20,23)/t12-/m1/s1. The van der Waals surface area contributed by atoms with Gasteiger partial charge in [-0.2, -0.15) is 13.2 Å². The Morgan fingerprint density at radius 2 is 1.83 bits per heavy atom. The van der Waals surface area contributed by atoms with E-state index in [1.54, 1.807) is 6.92 Å². The average molecular weight is 330 g/mol. The first-order valence-electron chi connectivity index (χ1n) is 6.95. The first-order valence-corrected chi connectivity index (χ1v) is 6.95. The number of primary amides is 1. The van der Waals surface area contributed by atoms with Crippen molar-refractivity contribution in [2.45, 2.75) is 38.4 Å². The second kappa shape index (κ2) is 7.75. The summed E-state index contributed by atoms with van der Waals surface area (Å²) in [5.74, 6) is -2.11. The lowest BCUT2D eigenvalue weighted by Gasteiger charge is -2.17. The van der Waals surface area contributed by atoms with E-state index in [1.165, 1.54) is 6.07 Å². The molecule has 0 aliphatic carbocycles. The molecule has 0 heterocycles. The van der Waals surface area contributed by atoms with Crippen LogP contribution in [-0.2, 0) is 15.8 Å². The highest BCUT2D eigenvalue weighted by Gasteiger charge is 2.35. The van der Waals surface area contributed by atoms with Crippen molar-refractivity contribution < 1.29 is 27.6 Å². The molecular formula is C15H17F3N2O3. The number of carbonyl (C=O) groups excluding carboxylic acids is 3. The van der Waals surface area contributed by atoms with Gasteiger partial charge in [0.1, 0.15) is 11.8 Å². The van der Waals surface area contributed by atoms with E-state index in [0.29, 0.717) is 0 Å². The Morgan fingerprint density at radius 3 is 2.35 bits per heavy atom. The Balaban J connectivity index is 2.92. The minimum absolute atomic E-state index is 0.00526. The normalized spacial score (nSPS) is 12.5. The van der Waals surface area contributed by atoms with Gasteiger partial charge in [-0.25, -0.2) is 0 Å². The van der Waals surface area contributed by atoms with Gasteiger partial charge >= 0.3 is 6.18 Å². The molecule has 0 aromatic heterocycles. The third-order valence-electron chi connectivity index (χ3n) is 3.23. The number of Topliss-reactive ketones (excluding diaryl/α,β-unsaturated/α-hetero) is 1. The van der Waals surface area contributed by atoms with Crippen LogP contribution in [0.4, 0.5) is 13.2 Å². The second-order valence-electron chi connectivity index (χ2n) is 4.90. The van der Waals surface area contributed by atoms with E-state index < -0.39 is 35.2 Å². The molecule has 0 fully saturated rings. The van der Waals surface area contributed by atoms with E-state index in [9.17, 15) is 27.6 Å². The Kier molecular flexibility index (Phi) is 6.29. The van der Waals surface area contributed by atoms with Gasteiger partial charge in [0.05, 0.1) is 11.1 Å². The molecule has 1 aromatic carbocycles. The van der Waals surface area contributed by atoms with Crippen LogP contribution in [0.3, 0.4) is 0 Å². The first-order chi connectivity index (χ1) is 10.7. The summed E-state index contributed by atoms with van der Waals surface area (Å²) in [5, 5.41) is 2.16. The second-order valence-corrected chi connectivity index (χ2v) is 4.90. The van der Waals surface area contributed by atoms with Crippen molar-refractivity contribution >= 4 is 17.6 Å². The molecule has 1 atom stereocenters. The number of amides is 2. The fraction of sp³-hybridized carbons (Fsp3) is 0.400. The minimum atomic E-state index is -4.70. The van der Waals surface area contributed by atoms with Gasteiger partial charge in [0, 0.05) is 12.8 Å². The molecule has 0 bridgehead atoms. The van der Waals surface area contributed by atoms with Crippen LogP contribution < -0.4 is 11.1 Å². The molecule has 126 valence electrons. The number of rotatable bonds is 7. The van der Waals surface area contributed by atoms with Crippen LogP contribution in [0.5, 0.6) is 0 Å². The summed E-state index contributed by atoms with van der Waals surface area (Å²) >= 11 is 0. The first kappa shape index (κ1) is 18.7. The van der Waals surface area contributed by atoms with Crippen molar-refractivity contribution in [1.82, 2.24) is 5.32 Å². The lowest BCUT2D eigenvalue weighted by molar-refractivity contribution is -0.138. The maximum Gasteiger partial charge on any atom is 0.417 e. The maximum atomic E-state index is 12.9. The third kappa shape index (κ3) is 5.39. The van der Waals surface area contributed by atoms with E-state index in [1.807, 2.05) is 0 Å². The van der Waals surface area contributed by atoms with Crippen molar-refractivity contribution in [3.05, 3.63) is 35.4 Å². The lowest BCUT2D eigenvalue weighted by atomic mass is 10.0. The molecule has 0 unspecified atom stereocenters. The van der Waals surface area contributed by atoms with Gasteiger partial charge in [-0.15, -0.1) is 0 Å². The highest BCUT2D eigenvalue weighted by molar-refractivity contribution is 5.98. The van der Waals surface area contributed by atoms with Crippen LogP contribution in [0.1, 0.15) is 42.1 Å². The molecule has 0 saturated carbocycles. The summed E-state index contributed by atoms with van der Waals surface area (Å²) in [5.41, 5.74) is 3.42. The molecule has 5 nitrogen and oxygen atoms in total. The Labute approximate surface area is 131 Å². The quantitative estimate of drug-likeness (QED) is 0.802. The van der Waals surface area contributed by atoms with E-state index in [4.69, 9.17) is 5.73 Å². The number of ketones is 1. The zero-order valence-electron chi connectivity index (χ0n) is 12.4. The van der Waals surface area contributed by atoms with Gasteiger partial charge in [0.2, 0.25) is 5.91 Å². The molecule has 0 aliphatic heterocycles. The van der Waals surface area contributed by atoms with Crippen molar-refractivity contribution in [1.29, 1.82) is 0 Å². The molecule has 8 heteroatoms. The van der Waals surface area contributed by atoms with Gasteiger partial charge in [0.25, 0.3) is 5.91 Å². The predicted molar refractivity (Wildman–Crippen MR) is 76.4 cm³/mol. The van der Waals surface area contributed by atoms with Crippen molar-refractivity contribution in [2.75, 3.05) is 0 Å². The average Bonchev–Trinajstić information content (AvgIpc) is 2.49. The lowest BCUT2D eigenvalue weighted by Crippen LogP contribution is -2.45. The van der Waals surface area contributed by atoms with Crippen molar-refractivity contribution in [3.63, 3.8) is 0 Å². The van der Waals surface area contributed by atoms with Gasteiger partial charge < -0.3 is 11.1 Å². The zero-order chi connectivity index (χ0) is 17.6. The van der Waals surface area contributed by atoms with Crippen LogP contribution in [0.25, 0.3) is 0 Å². The number of hydrogen-bond donors (Lipinski definition) is 2. The molecule has 2 amide bonds. The molecule has 0 aliphatic rings. The fourth-order valence-corrected chi connectivity index (χ4v) is 1.93. The molecule has 0 saturated heterocycles. The molecule has 1 rings (SSSR count). The zero-order valence-corrected chi connectivity index (χ0v) is 12.4.